The van der Waals surface area contributed by atoms with E-state index in [1.54, 1.807) is 0 Å². The summed E-state index contributed by atoms with van der Waals surface area (Å²) in [6.07, 6.45) is 1.85. The second kappa shape index (κ2) is 6.12. The van der Waals surface area contributed by atoms with Crippen LogP contribution in [0.25, 0.3) is 0 Å². The van der Waals surface area contributed by atoms with Crippen molar-refractivity contribution in [1.29, 1.82) is 0 Å². The van der Waals surface area contributed by atoms with Gasteiger partial charge in [0.25, 0.3) is 5.91 Å². The zero-order valence-corrected chi connectivity index (χ0v) is 14.7. The number of nitrogens with zero attached hydrogens (tertiary/aromatic N) is 2. The fraction of sp³-hybridized carbons (Fsp3) is 0.529. The molecule has 24 heavy (non-hydrogen) atoms. The monoisotopic (exact) mass is 347 g/mol. The lowest BCUT2D eigenvalue weighted by atomic mass is 9.96. The lowest BCUT2D eigenvalue weighted by Crippen LogP contribution is -2.36. The van der Waals surface area contributed by atoms with Crippen molar-refractivity contribution in [1.82, 2.24) is 15.1 Å². The van der Waals surface area contributed by atoms with Crippen molar-refractivity contribution in [2.45, 2.75) is 39.2 Å². The first-order valence-electron chi connectivity index (χ1n) is 8.41. The number of carbonyl (C=O) groups is 1. The molecule has 0 radical (unpaired) electrons. The number of hydrogen-bond donors (Lipinski definition) is 1. The van der Waals surface area contributed by atoms with Crippen molar-refractivity contribution >= 4 is 17.2 Å². The minimum Gasteiger partial charge on any atom is -0.485 e. The molecule has 4 rings (SSSR count). The largest absolute Gasteiger partial charge is 0.485 e. The number of carbonyl (C=O) groups excluding carboxylic acids is 1. The van der Waals surface area contributed by atoms with Gasteiger partial charge in [0.1, 0.15) is 18.1 Å². The zero-order valence-electron chi connectivity index (χ0n) is 13.9. The Labute approximate surface area is 144 Å². The van der Waals surface area contributed by atoms with Gasteiger partial charge >= 0.3 is 0 Å². The summed E-state index contributed by atoms with van der Waals surface area (Å²) in [5.74, 6) is 1.72. The van der Waals surface area contributed by atoms with E-state index in [0.717, 1.165) is 18.5 Å². The molecule has 0 spiro atoms. The molecule has 1 atom stereocenters. The van der Waals surface area contributed by atoms with Gasteiger partial charge in [0.2, 0.25) is 0 Å². The highest BCUT2D eigenvalue weighted by molar-refractivity contribution is 7.12. The van der Waals surface area contributed by atoms with Gasteiger partial charge in [0.05, 0.1) is 5.69 Å². The van der Waals surface area contributed by atoms with Crippen LogP contribution in [0.3, 0.4) is 0 Å². The molecule has 0 bridgehead atoms. The molecule has 128 valence electrons. The Kier molecular flexibility index (Phi) is 3.96. The standard InChI is InChI=1S/C17H21N3O3S/c1-3-10(2)14-11-8-20(5-4-12(11)18-19-14)17(21)16-15-13(9-24-16)22-6-7-23-15/h9-10H,3-8H2,1-2H3,(H,18,19). The molecule has 0 saturated heterocycles. The van der Waals surface area contributed by atoms with E-state index >= 15 is 0 Å². The van der Waals surface area contributed by atoms with Gasteiger partial charge in [0.15, 0.2) is 11.5 Å². The summed E-state index contributed by atoms with van der Waals surface area (Å²) in [5.41, 5.74) is 3.45. The van der Waals surface area contributed by atoms with Crippen LogP contribution in [-0.2, 0) is 13.0 Å². The van der Waals surface area contributed by atoms with E-state index in [1.165, 1.54) is 22.6 Å². The molecule has 1 amide bonds. The number of fused-ring (bicyclic) bond motifs is 2. The van der Waals surface area contributed by atoms with Crippen LogP contribution in [-0.4, -0.2) is 40.8 Å². The Morgan fingerprint density at radius 1 is 1.46 bits per heavy atom. The fourth-order valence-electron chi connectivity index (χ4n) is 3.25. The van der Waals surface area contributed by atoms with Crippen LogP contribution < -0.4 is 9.47 Å². The van der Waals surface area contributed by atoms with Gasteiger partial charge in [-0.2, -0.15) is 5.10 Å². The summed E-state index contributed by atoms with van der Waals surface area (Å²) in [7, 11) is 0. The third kappa shape index (κ3) is 2.47. The normalized spacial score (nSPS) is 17.5. The molecule has 0 aromatic carbocycles. The lowest BCUT2D eigenvalue weighted by molar-refractivity contribution is 0.0730. The number of aromatic nitrogens is 2. The Bertz CT molecular complexity index is 767. The van der Waals surface area contributed by atoms with Gasteiger partial charge in [-0.3, -0.25) is 9.89 Å². The van der Waals surface area contributed by atoms with E-state index in [1.807, 2.05) is 10.3 Å². The molecule has 0 saturated carbocycles. The van der Waals surface area contributed by atoms with Crippen molar-refractivity contribution in [2.75, 3.05) is 19.8 Å². The number of nitrogens with one attached hydrogen (secondary N) is 1. The Balaban J connectivity index is 1.59. The van der Waals surface area contributed by atoms with E-state index in [-0.39, 0.29) is 5.91 Å². The Morgan fingerprint density at radius 3 is 3.12 bits per heavy atom. The molecule has 4 heterocycles. The average molecular weight is 347 g/mol. The number of amides is 1. The highest BCUT2D eigenvalue weighted by Gasteiger charge is 2.31. The smallest absolute Gasteiger partial charge is 0.268 e. The molecule has 2 aromatic heterocycles. The van der Waals surface area contributed by atoms with E-state index in [4.69, 9.17) is 9.47 Å². The van der Waals surface area contributed by atoms with Gasteiger partial charge in [-0.05, 0) is 6.42 Å². The van der Waals surface area contributed by atoms with Gasteiger partial charge in [0, 0.05) is 42.1 Å². The van der Waals surface area contributed by atoms with Crippen molar-refractivity contribution in [3.05, 3.63) is 27.2 Å². The van der Waals surface area contributed by atoms with E-state index in [9.17, 15) is 4.79 Å². The third-order valence-corrected chi connectivity index (χ3v) is 5.75. The van der Waals surface area contributed by atoms with Crippen LogP contribution in [0, 0.1) is 0 Å². The quantitative estimate of drug-likeness (QED) is 0.927. The van der Waals surface area contributed by atoms with Crippen molar-refractivity contribution in [3.63, 3.8) is 0 Å². The molecule has 0 aliphatic carbocycles. The van der Waals surface area contributed by atoms with E-state index < -0.39 is 0 Å². The van der Waals surface area contributed by atoms with Gasteiger partial charge < -0.3 is 14.4 Å². The maximum absolute atomic E-state index is 13.0. The first-order chi connectivity index (χ1) is 11.7. The summed E-state index contributed by atoms with van der Waals surface area (Å²) < 4.78 is 11.2. The number of aromatic amines is 1. The predicted octanol–water partition coefficient (Wildman–Crippen LogP) is 2.95. The third-order valence-electron chi connectivity index (χ3n) is 4.83. The molecule has 1 N–H and O–H groups in total. The second-order valence-electron chi connectivity index (χ2n) is 6.31. The van der Waals surface area contributed by atoms with Crippen molar-refractivity contribution in [2.24, 2.45) is 0 Å². The molecule has 6 nitrogen and oxygen atoms in total. The number of ether oxygens (including phenoxy) is 2. The van der Waals surface area contributed by atoms with Crippen molar-refractivity contribution < 1.29 is 14.3 Å². The molecule has 7 heteroatoms. The minimum absolute atomic E-state index is 0.0219. The van der Waals surface area contributed by atoms with E-state index in [2.05, 4.69) is 24.0 Å². The summed E-state index contributed by atoms with van der Waals surface area (Å²) in [4.78, 5) is 15.5. The van der Waals surface area contributed by atoms with Crippen molar-refractivity contribution in [3.8, 4) is 11.5 Å². The maximum Gasteiger partial charge on any atom is 0.268 e. The van der Waals surface area contributed by atoms with Crippen LogP contribution in [0.2, 0.25) is 0 Å². The summed E-state index contributed by atoms with van der Waals surface area (Å²) in [6, 6.07) is 0. The molecule has 2 aromatic rings. The average Bonchev–Trinajstić information content (AvgIpc) is 3.24. The Morgan fingerprint density at radius 2 is 2.29 bits per heavy atom. The minimum atomic E-state index is 0.0219. The highest BCUT2D eigenvalue weighted by atomic mass is 32.1. The van der Waals surface area contributed by atoms with Crippen LogP contribution in [0.1, 0.15) is 52.8 Å². The molecule has 2 aliphatic rings. The van der Waals surface area contributed by atoms with Gasteiger partial charge in [-0.1, -0.05) is 13.8 Å². The second-order valence-corrected chi connectivity index (χ2v) is 7.19. The number of thiophene rings is 1. The molecular weight excluding hydrogens is 326 g/mol. The highest BCUT2D eigenvalue weighted by Crippen LogP contribution is 2.40. The summed E-state index contributed by atoms with van der Waals surface area (Å²) in [6.45, 7) is 6.68. The number of H-pyrrole nitrogens is 1. The van der Waals surface area contributed by atoms with Gasteiger partial charge in [-0.15, -0.1) is 11.3 Å². The molecular formula is C17H21N3O3S. The van der Waals surface area contributed by atoms with Crippen LogP contribution >= 0.6 is 11.3 Å². The fourth-order valence-corrected chi connectivity index (χ4v) is 4.14. The molecule has 1 unspecified atom stereocenters. The van der Waals surface area contributed by atoms with Crippen LogP contribution in [0.15, 0.2) is 5.38 Å². The Hall–Kier alpha value is -2.02. The molecule has 2 aliphatic heterocycles. The lowest BCUT2D eigenvalue weighted by Gasteiger charge is -2.28. The van der Waals surface area contributed by atoms with E-state index in [0.29, 0.717) is 48.6 Å². The SMILES string of the molecule is CCC(C)c1n[nH]c2c1CN(C(=O)c1scc3c1OCCO3)CC2. The summed E-state index contributed by atoms with van der Waals surface area (Å²) in [5, 5.41) is 9.51. The van der Waals surface area contributed by atoms with Gasteiger partial charge in [-0.25, -0.2) is 0 Å². The first kappa shape index (κ1) is 15.5. The first-order valence-corrected chi connectivity index (χ1v) is 9.29. The topological polar surface area (TPSA) is 67.5 Å². The predicted molar refractivity (Wildman–Crippen MR) is 91.0 cm³/mol. The molecule has 0 fully saturated rings. The van der Waals surface area contributed by atoms with Crippen LogP contribution in [0.5, 0.6) is 11.5 Å². The number of hydrogen-bond acceptors (Lipinski definition) is 5. The zero-order chi connectivity index (χ0) is 16.7. The number of rotatable bonds is 3. The summed E-state index contributed by atoms with van der Waals surface area (Å²) >= 11 is 1.40. The maximum atomic E-state index is 13.0. The van der Waals surface area contributed by atoms with Crippen LogP contribution in [0.4, 0.5) is 0 Å².